The molecule has 2 aliphatic rings. The molecule has 2 amide bonds. The summed E-state index contributed by atoms with van der Waals surface area (Å²) in [7, 11) is 1.39. The first-order valence-corrected chi connectivity index (χ1v) is 12.1. The number of hydrogen-bond acceptors (Lipinski definition) is 9. The number of fused-ring (bicyclic) bond motifs is 1. The Kier molecular flexibility index (Phi) is 6.94. The molecule has 5 N–H and O–H groups in total. The number of amides is 2. The number of nitrogens with zero attached hydrogens (tertiary/aromatic N) is 5. The molecule has 1 saturated heterocycles. The number of benzene rings is 1. The Morgan fingerprint density at radius 1 is 1.24 bits per heavy atom. The van der Waals surface area contributed by atoms with Gasteiger partial charge in [-0.25, -0.2) is 19.3 Å². The molecule has 2 fully saturated rings. The van der Waals surface area contributed by atoms with Crippen LogP contribution in [0.25, 0.3) is 11.2 Å². The Labute approximate surface area is 216 Å². The summed E-state index contributed by atoms with van der Waals surface area (Å²) >= 11 is 0. The Bertz CT molecular complexity index is 1430. The van der Waals surface area contributed by atoms with Gasteiger partial charge >= 0.3 is 0 Å². The van der Waals surface area contributed by atoms with Crippen molar-refractivity contribution in [3.8, 4) is 11.8 Å². The number of aromatic nitrogens is 4. The van der Waals surface area contributed by atoms with E-state index in [0.717, 1.165) is 19.3 Å². The first-order chi connectivity index (χ1) is 18.3. The predicted molar refractivity (Wildman–Crippen MR) is 132 cm³/mol. The van der Waals surface area contributed by atoms with Crippen LogP contribution < -0.4 is 11.1 Å². The first kappa shape index (κ1) is 25.5. The van der Waals surface area contributed by atoms with E-state index in [1.54, 1.807) is 4.90 Å². The van der Waals surface area contributed by atoms with Crippen LogP contribution in [0.15, 0.2) is 30.6 Å². The molecule has 1 aliphatic heterocycles. The molecule has 0 bridgehead atoms. The third-order valence-corrected chi connectivity index (χ3v) is 6.78. The second-order valence-corrected chi connectivity index (χ2v) is 9.13. The smallest absolute Gasteiger partial charge is 0.254 e. The summed E-state index contributed by atoms with van der Waals surface area (Å²) in [5.74, 6) is 4.59. The van der Waals surface area contributed by atoms with Crippen molar-refractivity contribution in [2.24, 2.45) is 0 Å². The van der Waals surface area contributed by atoms with Crippen LogP contribution in [0.2, 0.25) is 0 Å². The van der Waals surface area contributed by atoms with Gasteiger partial charge < -0.3 is 30.9 Å². The van der Waals surface area contributed by atoms with Crippen LogP contribution >= 0.6 is 0 Å². The Morgan fingerprint density at radius 3 is 2.63 bits per heavy atom. The van der Waals surface area contributed by atoms with Gasteiger partial charge in [-0.15, -0.1) is 0 Å². The van der Waals surface area contributed by atoms with E-state index in [0.29, 0.717) is 5.56 Å². The average molecular weight is 524 g/mol. The van der Waals surface area contributed by atoms with Gasteiger partial charge in [0.1, 0.15) is 23.5 Å². The first-order valence-electron chi connectivity index (χ1n) is 12.1. The third kappa shape index (κ3) is 4.65. The summed E-state index contributed by atoms with van der Waals surface area (Å²) in [6.45, 7) is 0.103. The molecule has 4 atom stereocenters. The van der Waals surface area contributed by atoms with E-state index in [1.807, 2.05) is 0 Å². The van der Waals surface area contributed by atoms with E-state index < -0.39 is 36.3 Å². The molecule has 3 heterocycles. The number of nitrogens with two attached hydrogens (primary N) is 1. The quantitative estimate of drug-likeness (QED) is 0.335. The van der Waals surface area contributed by atoms with Crippen LogP contribution in [-0.4, -0.2) is 84.4 Å². The fraction of sp³-hybridized carbons (Fsp3) is 0.400. The van der Waals surface area contributed by atoms with Gasteiger partial charge in [-0.1, -0.05) is 5.92 Å². The highest BCUT2D eigenvalue weighted by molar-refractivity contribution is 5.94. The van der Waals surface area contributed by atoms with Gasteiger partial charge in [-0.3, -0.25) is 14.2 Å². The van der Waals surface area contributed by atoms with E-state index >= 15 is 0 Å². The minimum absolute atomic E-state index is 0.0344. The number of likely N-dealkylation sites (N-methyl/N-ethyl adjacent to an activating group) is 1. The standard InChI is InChI=1S/C25H26FN7O5/c1-28-23(36)20-18(34)19(35)25(38-20)33-12-29-17-21(27)30-16(31-22(17)33)6-3-11-32(15-4-2-5-15)24(37)13-7-9-14(26)10-8-13/h7-10,12,15,18-20,25,34-35H,2,4-5,11H2,1H3,(H,28,36)(H2,27,30,31)/t18-,19?,20-,25+/m0/s1. The molecule has 2 aromatic heterocycles. The van der Waals surface area contributed by atoms with Crippen LogP contribution in [0.3, 0.4) is 0 Å². The van der Waals surface area contributed by atoms with Gasteiger partial charge in [0.05, 0.1) is 12.9 Å². The van der Waals surface area contributed by atoms with Crippen LogP contribution in [0.4, 0.5) is 10.2 Å². The van der Waals surface area contributed by atoms with Crippen molar-refractivity contribution in [2.75, 3.05) is 19.3 Å². The number of nitrogens with one attached hydrogen (secondary N) is 1. The summed E-state index contributed by atoms with van der Waals surface area (Å²) in [6.07, 6.45) is -1.30. The highest BCUT2D eigenvalue weighted by Gasteiger charge is 2.47. The summed E-state index contributed by atoms with van der Waals surface area (Å²) in [4.78, 5) is 39.5. The Balaban J connectivity index is 1.40. The number of aliphatic hydroxyl groups is 2. The zero-order valence-corrected chi connectivity index (χ0v) is 20.4. The van der Waals surface area contributed by atoms with E-state index in [2.05, 4.69) is 32.1 Å². The lowest BCUT2D eigenvalue weighted by Crippen LogP contribution is -2.44. The second-order valence-electron chi connectivity index (χ2n) is 9.13. The molecular weight excluding hydrogens is 497 g/mol. The maximum Gasteiger partial charge on any atom is 0.254 e. The van der Waals surface area contributed by atoms with Crippen molar-refractivity contribution in [1.82, 2.24) is 29.7 Å². The lowest BCUT2D eigenvalue weighted by molar-refractivity contribution is -0.137. The maximum absolute atomic E-state index is 13.3. The topological polar surface area (TPSA) is 169 Å². The molecule has 1 aromatic carbocycles. The summed E-state index contributed by atoms with van der Waals surface area (Å²) in [5, 5.41) is 23.2. The molecule has 1 aliphatic carbocycles. The lowest BCUT2D eigenvalue weighted by Gasteiger charge is -2.36. The monoisotopic (exact) mass is 523 g/mol. The number of rotatable bonds is 5. The van der Waals surface area contributed by atoms with Crippen molar-refractivity contribution in [1.29, 1.82) is 0 Å². The number of nitrogen functional groups attached to an aromatic ring is 1. The number of anilines is 1. The van der Waals surface area contributed by atoms with Crippen LogP contribution in [0, 0.1) is 17.7 Å². The highest BCUT2D eigenvalue weighted by Crippen LogP contribution is 2.32. The molecule has 3 aromatic rings. The molecule has 198 valence electrons. The second kappa shape index (κ2) is 10.3. The van der Waals surface area contributed by atoms with Gasteiger partial charge in [0.25, 0.3) is 11.8 Å². The molecule has 38 heavy (non-hydrogen) atoms. The van der Waals surface area contributed by atoms with Crippen molar-refractivity contribution in [3.05, 3.63) is 47.8 Å². The van der Waals surface area contributed by atoms with Crippen molar-refractivity contribution < 1.29 is 28.9 Å². The molecule has 0 spiro atoms. The lowest BCUT2D eigenvalue weighted by atomic mass is 9.91. The molecular formula is C25H26FN7O5. The van der Waals surface area contributed by atoms with E-state index in [-0.39, 0.29) is 41.3 Å². The fourth-order valence-electron chi connectivity index (χ4n) is 4.46. The summed E-state index contributed by atoms with van der Waals surface area (Å²) < 4.78 is 20.3. The molecule has 13 heteroatoms. The van der Waals surface area contributed by atoms with Crippen LogP contribution in [0.1, 0.15) is 41.7 Å². The van der Waals surface area contributed by atoms with Crippen molar-refractivity contribution in [3.63, 3.8) is 0 Å². The molecule has 1 saturated carbocycles. The van der Waals surface area contributed by atoms with Crippen molar-refractivity contribution in [2.45, 2.75) is 49.8 Å². The normalized spacial score (nSPS) is 22.9. The van der Waals surface area contributed by atoms with Crippen LogP contribution in [-0.2, 0) is 9.53 Å². The van der Waals surface area contributed by atoms with Gasteiger partial charge in [0.15, 0.2) is 23.8 Å². The summed E-state index contributed by atoms with van der Waals surface area (Å²) in [6, 6.07) is 5.42. The largest absolute Gasteiger partial charge is 0.387 e. The highest BCUT2D eigenvalue weighted by atomic mass is 19.1. The van der Waals surface area contributed by atoms with Gasteiger partial charge in [-0.05, 0) is 49.4 Å². The molecule has 12 nitrogen and oxygen atoms in total. The fourth-order valence-corrected chi connectivity index (χ4v) is 4.46. The average Bonchev–Trinajstić information content (AvgIpc) is 3.43. The zero-order valence-electron chi connectivity index (χ0n) is 20.4. The molecule has 5 rings (SSSR count). The number of carbonyl (C=O) groups is 2. The minimum atomic E-state index is -1.47. The van der Waals surface area contributed by atoms with Gasteiger partial charge in [0, 0.05) is 18.7 Å². The number of halogens is 1. The maximum atomic E-state index is 13.3. The number of hydrogen-bond donors (Lipinski definition) is 4. The number of ether oxygens (including phenoxy) is 1. The van der Waals surface area contributed by atoms with E-state index in [1.165, 1.54) is 42.2 Å². The number of aliphatic hydroxyl groups excluding tert-OH is 2. The third-order valence-electron chi connectivity index (χ3n) is 6.78. The predicted octanol–water partition coefficient (Wildman–Crippen LogP) is -0.0408. The molecule has 0 radical (unpaired) electrons. The Morgan fingerprint density at radius 2 is 1.97 bits per heavy atom. The molecule has 1 unspecified atom stereocenters. The van der Waals surface area contributed by atoms with Crippen LogP contribution in [0.5, 0.6) is 0 Å². The van der Waals surface area contributed by atoms with Gasteiger partial charge in [-0.2, -0.15) is 0 Å². The summed E-state index contributed by atoms with van der Waals surface area (Å²) in [5.41, 5.74) is 6.86. The van der Waals surface area contributed by atoms with Crippen molar-refractivity contribution >= 4 is 28.8 Å². The minimum Gasteiger partial charge on any atom is -0.387 e. The number of carbonyl (C=O) groups excluding carboxylic acids is 2. The van der Waals surface area contributed by atoms with Gasteiger partial charge in [0.2, 0.25) is 5.82 Å². The Hall–Kier alpha value is -4.12. The van der Waals surface area contributed by atoms with E-state index in [9.17, 15) is 24.2 Å². The zero-order chi connectivity index (χ0) is 27.0. The SMILES string of the molecule is CNC(=O)[C@H]1O[C@@H](n2cnc3c(N)nc(C#CCN(C(=O)c4ccc(F)cc4)C4CCC4)nc32)C(O)[C@@H]1O. The van der Waals surface area contributed by atoms with E-state index in [4.69, 9.17) is 10.5 Å². The number of imidazole rings is 1.